The van der Waals surface area contributed by atoms with Gasteiger partial charge in [0.25, 0.3) is 5.91 Å². The Hall–Kier alpha value is -2.38. The lowest BCUT2D eigenvalue weighted by Crippen LogP contribution is -2.27. The summed E-state index contributed by atoms with van der Waals surface area (Å²) >= 11 is 1.53. The number of rotatable bonds is 4. The maximum absolute atomic E-state index is 12.1. The lowest BCUT2D eigenvalue weighted by Gasteiger charge is -2.13. The van der Waals surface area contributed by atoms with Gasteiger partial charge in [0.2, 0.25) is 0 Å². The molecule has 100 valence electrons. The van der Waals surface area contributed by atoms with Gasteiger partial charge >= 0.3 is 0 Å². The molecule has 1 atom stereocenters. The number of benzene rings is 1. The number of thiophene rings is 1. The summed E-state index contributed by atoms with van der Waals surface area (Å²) in [6, 6.07) is 13.3. The Morgan fingerprint density at radius 3 is 2.70 bits per heavy atom. The zero-order valence-electron chi connectivity index (χ0n) is 11.0. The molecule has 20 heavy (non-hydrogen) atoms. The molecular formula is C16H14N2OS. The lowest BCUT2D eigenvalue weighted by atomic mass is 10.1. The Balaban J connectivity index is 2.09. The van der Waals surface area contributed by atoms with E-state index in [1.165, 1.54) is 11.3 Å². The molecule has 0 fully saturated rings. The molecule has 1 aromatic carbocycles. The summed E-state index contributed by atoms with van der Waals surface area (Å²) in [7, 11) is 0. The van der Waals surface area contributed by atoms with Crippen molar-refractivity contribution in [2.75, 3.05) is 0 Å². The van der Waals surface area contributed by atoms with Crippen LogP contribution in [0.4, 0.5) is 0 Å². The summed E-state index contributed by atoms with van der Waals surface area (Å²) in [4.78, 5) is 12.1. The minimum absolute atomic E-state index is 0.117. The largest absolute Gasteiger partial charge is 0.345 e. The van der Waals surface area contributed by atoms with Crippen molar-refractivity contribution in [1.82, 2.24) is 5.32 Å². The number of nitriles is 1. The van der Waals surface area contributed by atoms with Crippen molar-refractivity contribution in [2.24, 2.45) is 0 Å². The van der Waals surface area contributed by atoms with Gasteiger partial charge in [-0.25, -0.2) is 0 Å². The lowest BCUT2D eigenvalue weighted by molar-refractivity contribution is -0.117. The molecule has 0 aliphatic rings. The molecule has 3 nitrogen and oxygen atoms in total. The normalized spacial score (nSPS) is 12.5. The highest BCUT2D eigenvalue weighted by Crippen LogP contribution is 2.14. The Labute approximate surface area is 122 Å². The molecule has 1 aromatic heterocycles. The third-order valence-corrected chi connectivity index (χ3v) is 3.57. The third kappa shape index (κ3) is 3.56. The smallest absolute Gasteiger partial charge is 0.262 e. The van der Waals surface area contributed by atoms with E-state index in [4.69, 9.17) is 5.26 Å². The predicted molar refractivity (Wildman–Crippen MR) is 80.9 cm³/mol. The van der Waals surface area contributed by atoms with Gasteiger partial charge < -0.3 is 5.32 Å². The number of amides is 1. The quantitative estimate of drug-likeness (QED) is 0.689. The molecular weight excluding hydrogens is 268 g/mol. The number of nitrogens with zero attached hydrogens (tertiary/aromatic N) is 1. The van der Waals surface area contributed by atoms with Crippen LogP contribution in [0, 0.1) is 11.3 Å². The van der Waals surface area contributed by atoms with E-state index in [1.54, 1.807) is 6.08 Å². The SMILES string of the molecule is C[C@H](NC(=O)/C(C#N)=C/c1ccsc1)c1ccccc1. The van der Waals surface area contributed by atoms with Gasteiger partial charge in [0, 0.05) is 0 Å². The number of nitrogens with one attached hydrogen (secondary N) is 1. The highest BCUT2D eigenvalue weighted by Gasteiger charge is 2.13. The van der Waals surface area contributed by atoms with E-state index in [-0.39, 0.29) is 17.5 Å². The van der Waals surface area contributed by atoms with Crippen molar-refractivity contribution in [3.05, 3.63) is 63.9 Å². The fourth-order valence-electron chi connectivity index (χ4n) is 1.77. The predicted octanol–water partition coefficient (Wildman–Crippen LogP) is 3.53. The van der Waals surface area contributed by atoms with Crippen molar-refractivity contribution in [1.29, 1.82) is 5.26 Å². The molecule has 1 heterocycles. The van der Waals surface area contributed by atoms with E-state index in [1.807, 2.05) is 60.2 Å². The van der Waals surface area contributed by atoms with Crippen LogP contribution in [0.2, 0.25) is 0 Å². The Morgan fingerprint density at radius 2 is 2.10 bits per heavy atom. The maximum Gasteiger partial charge on any atom is 0.262 e. The molecule has 0 saturated heterocycles. The fraction of sp³-hybridized carbons (Fsp3) is 0.125. The summed E-state index contributed by atoms with van der Waals surface area (Å²) in [6.45, 7) is 1.90. The highest BCUT2D eigenvalue weighted by atomic mass is 32.1. The molecule has 2 aromatic rings. The summed E-state index contributed by atoms with van der Waals surface area (Å²) in [6.07, 6.45) is 1.60. The van der Waals surface area contributed by atoms with Crippen LogP contribution in [-0.2, 0) is 4.79 Å². The van der Waals surface area contributed by atoms with E-state index in [0.29, 0.717) is 0 Å². The van der Waals surface area contributed by atoms with Crippen LogP contribution in [0.5, 0.6) is 0 Å². The van der Waals surface area contributed by atoms with Gasteiger partial charge in [0.05, 0.1) is 6.04 Å². The molecule has 0 aliphatic heterocycles. The van der Waals surface area contributed by atoms with Crippen molar-refractivity contribution < 1.29 is 4.79 Å². The van der Waals surface area contributed by atoms with Crippen molar-refractivity contribution in [3.8, 4) is 6.07 Å². The van der Waals surface area contributed by atoms with Gasteiger partial charge in [-0.2, -0.15) is 16.6 Å². The van der Waals surface area contributed by atoms with Gasteiger partial charge in [-0.05, 0) is 41.0 Å². The molecule has 0 spiro atoms. The van der Waals surface area contributed by atoms with E-state index in [2.05, 4.69) is 5.32 Å². The standard InChI is InChI=1S/C16H14N2OS/c1-12(14-5-3-2-4-6-14)18-16(19)15(10-17)9-13-7-8-20-11-13/h2-9,11-12H,1H3,(H,18,19)/b15-9+/t12-/m0/s1. The van der Waals surface area contributed by atoms with E-state index >= 15 is 0 Å². The van der Waals surface area contributed by atoms with E-state index < -0.39 is 0 Å². The van der Waals surface area contributed by atoms with Gasteiger partial charge in [-0.3, -0.25) is 4.79 Å². The molecule has 0 unspecified atom stereocenters. The second-order valence-electron chi connectivity index (χ2n) is 4.33. The number of hydrogen-bond donors (Lipinski definition) is 1. The van der Waals surface area contributed by atoms with Crippen LogP contribution in [-0.4, -0.2) is 5.91 Å². The molecule has 4 heteroatoms. The average molecular weight is 282 g/mol. The van der Waals surface area contributed by atoms with Crippen LogP contribution in [0.3, 0.4) is 0 Å². The summed E-state index contributed by atoms with van der Waals surface area (Å²) in [5.41, 5.74) is 1.99. The number of carbonyl (C=O) groups excluding carboxylic acids is 1. The zero-order valence-corrected chi connectivity index (χ0v) is 11.9. The second-order valence-corrected chi connectivity index (χ2v) is 5.11. The number of hydrogen-bond acceptors (Lipinski definition) is 3. The highest BCUT2D eigenvalue weighted by molar-refractivity contribution is 7.08. The van der Waals surface area contributed by atoms with Crippen LogP contribution < -0.4 is 5.32 Å². The van der Waals surface area contributed by atoms with Crippen molar-refractivity contribution in [3.63, 3.8) is 0 Å². The molecule has 0 radical (unpaired) electrons. The van der Waals surface area contributed by atoms with Crippen molar-refractivity contribution >= 4 is 23.3 Å². The minimum atomic E-state index is -0.352. The monoisotopic (exact) mass is 282 g/mol. The Morgan fingerprint density at radius 1 is 1.35 bits per heavy atom. The minimum Gasteiger partial charge on any atom is -0.345 e. The summed E-state index contributed by atoms with van der Waals surface area (Å²) in [5.74, 6) is -0.352. The van der Waals surface area contributed by atoms with Gasteiger partial charge in [-0.15, -0.1) is 0 Å². The molecule has 1 N–H and O–H groups in total. The first-order valence-corrected chi connectivity index (χ1v) is 7.15. The summed E-state index contributed by atoms with van der Waals surface area (Å²) < 4.78 is 0. The third-order valence-electron chi connectivity index (χ3n) is 2.87. The van der Waals surface area contributed by atoms with Gasteiger partial charge in [-0.1, -0.05) is 30.3 Å². The van der Waals surface area contributed by atoms with E-state index in [9.17, 15) is 4.79 Å². The number of carbonyl (C=O) groups is 1. The molecule has 0 bridgehead atoms. The van der Waals surface area contributed by atoms with Crippen LogP contribution >= 0.6 is 11.3 Å². The first-order valence-electron chi connectivity index (χ1n) is 6.20. The average Bonchev–Trinajstić information content (AvgIpc) is 2.98. The van der Waals surface area contributed by atoms with Crippen LogP contribution in [0.25, 0.3) is 6.08 Å². The van der Waals surface area contributed by atoms with E-state index in [0.717, 1.165) is 11.1 Å². The van der Waals surface area contributed by atoms with Crippen molar-refractivity contribution in [2.45, 2.75) is 13.0 Å². The zero-order chi connectivity index (χ0) is 14.4. The molecule has 1 amide bonds. The van der Waals surface area contributed by atoms with Gasteiger partial charge in [0.15, 0.2) is 0 Å². The second kappa shape index (κ2) is 6.69. The van der Waals surface area contributed by atoms with Gasteiger partial charge in [0.1, 0.15) is 11.6 Å². The summed E-state index contributed by atoms with van der Waals surface area (Å²) in [5, 5.41) is 15.7. The van der Waals surface area contributed by atoms with Crippen LogP contribution in [0.15, 0.2) is 52.7 Å². The molecule has 0 saturated carbocycles. The molecule has 2 rings (SSSR count). The maximum atomic E-state index is 12.1. The Bertz CT molecular complexity index is 639. The molecule has 0 aliphatic carbocycles. The fourth-order valence-corrected chi connectivity index (χ4v) is 2.39. The van der Waals surface area contributed by atoms with Crippen LogP contribution in [0.1, 0.15) is 24.1 Å². The Kier molecular flexibility index (Phi) is 4.70. The first kappa shape index (κ1) is 14.0. The topological polar surface area (TPSA) is 52.9 Å². The first-order chi connectivity index (χ1) is 9.70.